The van der Waals surface area contributed by atoms with E-state index in [0.29, 0.717) is 13.0 Å². The van der Waals surface area contributed by atoms with E-state index in [1.807, 2.05) is 41.3 Å². The average Bonchev–Trinajstić information content (AvgIpc) is 3.32. The van der Waals surface area contributed by atoms with Crippen LogP contribution in [0.5, 0.6) is 0 Å². The Balaban J connectivity index is 1.57. The number of non-ortho nitro benzene ring substituents is 1. The van der Waals surface area contributed by atoms with Crippen LogP contribution in [0.3, 0.4) is 0 Å². The van der Waals surface area contributed by atoms with E-state index >= 15 is 0 Å². The van der Waals surface area contributed by atoms with Crippen LogP contribution < -0.4 is 4.90 Å². The molecule has 2 aromatic rings. The molecule has 2 saturated heterocycles. The number of nitro benzene ring substituents is 1. The van der Waals surface area contributed by atoms with Crippen molar-refractivity contribution in [1.82, 2.24) is 4.90 Å². The molecule has 0 spiro atoms. The molecule has 0 unspecified atom stereocenters. The maximum absolute atomic E-state index is 13.8. The van der Waals surface area contributed by atoms with Gasteiger partial charge in [0.25, 0.3) is 5.69 Å². The summed E-state index contributed by atoms with van der Waals surface area (Å²) in [6.45, 7) is 0.657. The van der Waals surface area contributed by atoms with E-state index in [1.165, 1.54) is 29.2 Å². The number of rotatable bonds is 7. The second-order valence-corrected chi connectivity index (χ2v) is 8.65. The van der Waals surface area contributed by atoms with Gasteiger partial charge in [-0.15, -0.1) is 0 Å². The average molecular weight is 461 g/mol. The van der Waals surface area contributed by atoms with Gasteiger partial charge in [0.1, 0.15) is 6.04 Å². The number of benzene rings is 2. The van der Waals surface area contributed by atoms with Crippen LogP contribution in [0, 0.1) is 22.0 Å². The van der Waals surface area contributed by atoms with E-state index in [0.717, 1.165) is 11.3 Å². The number of ether oxygens (including phenoxy) is 1. The zero-order chi connectivity index (χ0) is 24.0. The maximum atomic E-state index is 13.8. The molecule has 0 saturated carbocycles. The van der Waals surface area contributed by atoms with Gasteiger partial charge in [-0.1, -0.05) is 30.4 Å². The summed E-state index contributed by atoms with van der Waals surface area (Å²) in [5.74, 6) is -2.47. The van der Waals surface area contributed by atoms with Gasteiger partial charge in [0, 0.05) is 43.6 Å². The molecule has 3 aliphatic rings. The van der Waals surface area contributed by atoms with Crippen LogP contribution >= 0.6 is 0 Å². The van der Waals surface area contributed by atoms with Crippen molar-refractivity contribution < 1.29 is 24.0 Å². The van der Waals surface area contributed by atoms with Gasteiger partial charge in [0.05, 0.1) is 22.8 Å². The molecule has 2 aromatic carbocycles. The molecule has 4 atom stereocenters. The van der Waals surface area contributed by atoms with Crippen LogP contribution in [0.1, 0.15) is 22.3 Å². The van der Waals surface area contributed by atoms with Crippen LogP contribution in [0.15, 0.2) is 54.6 Å². The van der Waals surface area contributed by atoms with Crippen LogP contribution in [0.25, 0.3) is 6.08 Å². The SMILES string of the molecule is COCCCN1C(=O)[C@H]2[C@H](C1=O)[C@H](C(=O)c1ccc([N+](=O)[O-])cc1)N1c3ccccc3C=C[C@H]21. The second kappa shape index (κ2) is 8.49. The quantitative estimate of drug-likeness (QED) is 0.205. The first-order valence-electron chi connectivity index (χ1n) is 11.1. The summed E-state index contributed by atoms with van der Waals surface area (Å²) in [4.78, 5) is 54.4. The smallest absolute Gasteiger partial charge is 0.269 e. The fraction of sp³-hybridized carbons (Fsp3) is 0.320. The molecule has 0 bridgehead atoms. The van der Waals surface area contributed by atoms with E-state index in [2.05, 4.69) is 0 Å². The molecule has 0 radical (unpaired) electrons. The lowest BCUT2D eigenvalue weighted by atomic mass is 9.86. The number of carbonyl (C=O) groups is 3. The predicted molar refractivity (Wildman–Crippen MR) is 123 cm³/mol. The van der Waals surface area contributed by atoms with E-state index in [9.17, 15) is 24.5 Å². The molecule has 174 valence electrons. The monoisotopic (exact) mass is 461 g/mol. The van der Waals surface area contributed by atoms with Gasteiger partial charge in [0.2, 0.25) is 11.8 Å². The summed E-state index contributed by atoms with van der Waals surface area (Å²) < 4.78 is 5.06. The molecule has 3 heterocycles. The Hall–Kier alpha value is -3.85. The fourth-order valence-electron chi connectivity index (χ4n) is 5.38. The highest BCUT2D eigenvalue weighted by Gasteiger charge is 2.63. The van der Waals surface area contributed by atoms with E-state index in [4.69, 9.17) is 4.74 Å². The third-order valence-corrected chi connectivity index (χ3v) is 6.87. The lowest BCUT2D eigenvalue weighted by molar-refractivity contribution is -0.384. The number of hydrogen-bond acceptors (Lipinski definition) is 7. The topological polar surface area (TPSA) is 110 Å². The molecule has 3 aliphatic heterocycles. The minimum atomic E-state index is -0.897. The summed E-state index contributed by atoms with van der Waals surface area (Å²) in [5, 5.41) is 11.0. The third-order valence-electron chi connectivity index (χ3n) is 6.87. The van der Waals surface area contributed by atoms with Gasteiger partial charge in [0.15, 0.2) is 5.78 Å². The maximum Gasteiger partial charge on any atom is 0.269 e. The Morgan fingerprint density at radius 1 is 1.06 bits per heavy atom. The number of nitrogens with zero attached hydrogens (tertiary/aromatic N) is 3. The summed E-state index contributed by atoms with van der Waals surface area (Å²) in [6.07, 6.45) is 4.34. The van der Waals surface area contributed by atoms with Gasteiger partial charge in [-0.25, -0.2) is 0 Å². The lowest BCUT2D eigenvalue weighted by Crippen LogP contribution is -2.48. The number of ketones is 1. The molecule has 2 amide bonds. The van der Waals surface area contributed by atoms with Gasteiger partial charge in [-0.2, -0.15) is 0 Å². The summed E-state index contributed by atoms with van der Waals surface area (Å²) in [7, 11) is 1.56. The summed E-state index contributed by atoms with van der Waals surface area (Å²) >= 11 is 0. The molecule has 2 fully saturated rings. The number of imide groups is 1. The number of Topliss-reactive ketones (excluding diaryl/α,β-unsaturated/α-hetero) is 1. The van der Waals surface area contributed by atoms with Gasteiger partial charge in [-0.3, -0.25) is 29.4 Å². The van der Waals surface area contributed by atoms with Gasteiger partial charge in [-0.05, 0) is 30.2 Å². The zero-order valence-electron chi connectivity index (χ0n) is 18.5. The number of nitro groups is 1. The third kappa shape index (κ3) is 3.31. The Morgan fingerprint density at radius 2 is 1.76 bits per heavy atom. The number of likely N-dealkylation sites (tertiary alicyclic amines) is 1. The number of fused-ring (bicyclic) bond motifs is 5. The molecular weight excluding hydrogens is 438 g/mol. The van der Waals surface area contributed by atoms with Crippen molar-refractivity contribution in [3.8, 4) is 0 Å². The molecule has 9 heteroatoms. The number of para-hydroxylation sites is 1. The molecule has 0 N–H and O–H groups in total. The Labute approximate surface area is 195 Å². The number of carbonyl (C=O) groups excluding carboxylic acids is 3. The summed E-state index contributed by atoms with van der Waals surface area (Å²) in [5.41, 5.74) is 1.83. The fourth-order valence-corrected chi connectivity index (χ4v) is 5.38. The number of amides is 2. The highest BCUT2D eigenvalue weighted by atomic mass is 16.6. The zero-order valence-corrected chi connectivity index (χ0v) is 18.5. The lowest BCUT2D eigenvalue weighted by Gasteiger charge is -2.36. The first kappa shape index (κ1) is 22.0. The molecular formula is C25H23N3O6. The van der Waals surface area contributed by atoms with Crippen molar-refractivity contribution in [2.75, 3.05) is 25.2 Å². The van der Waals surface area contributed by atoms with E-state index < -0.39 is 28.8 Å². The van der Waals surface area contributed by atoms with Crippen LogP contribution in [-0.4, -0.2) is 59.8 Å². The Bertz CT molecular complexity index is 1210. The van der Waals surface area contributed by atoms with Crippen molar-refractivity contribution in [2.45, 2.75) is 18.5 Å². The minimum absolute atomic E-state index is 0.124. The largest absolute Gasteiger partial charge is 0.385 e. The molecule has 5 rings (SSSR count). The predicted octanol–water partition coefficient (Wildman–Crippen LogP) is 2.70. The van der Waals surface area contributed by atoms with Gasteiger partial charge < -0.3 is 9.64 Å². The summed E-state index contributed by atoms with van der Waals surface area (Å²) in [6, 6.07) is 11.6. The van der Waals surface area contributed by atoms with Crippen molar-refractivity contribution in [1.29, 1.82) is 0 Å². The highest BCUT2D eigenvalue weighted by Crippen LogP contribution is 2.49. The molecule has 9 nitrogen and oxygen atoms in total. The van der Waals surface area contributed by atoms with Crippen LogP contribution in [-0.2, 0) is 14.3 Å². The Morgan fingerprint density at radius 3 is 2.47 bits per heavy atom. The number of methoxy groups -OCH3 is 1. The first-order chi connectivity index (χ1) is 16.4. The van der Waals surface area contributed by atoms with Crippen molar-refractivity contribution in [3.63, 3.8) is 0 Å². The Kier molecular flexibility index (Phi) is 5.49. The number of hydrogen-bond donors (Lipinski definition) is 0. The molecule has 34 heavy (non-hydrogen) atoms. The van der Waals surface area contributed by atoms with Crippen LogP contribution in [0.4, 0.5) is 11.4 Å². The van der Waals surface area contributed by atoms with Crippen molar-refractivity contribution >= 4 is 35.0 Å². The van der Waals surface area contributed by atoms with Gasteiger partial charge >= 0.3 is 0 Å². The van der Waals surface area contributed by atoms with Crippen LogP contribution in [0.2, 0.25) is 0 Å². The minimum Gasteiger partial charge on any atom is -0.385 e. The standard InChI is InChI=1S/C25H23N3O6/c1-34-14-4-13-26-24(30)20-19-12-9-15-5-2-3-6-18(15)27(19)22(21(20)25(26)31)23(29)16-7-10-17(11-8-16)28(32)33/h2-3,5-12,19-22H,4,13-14H2,1H3/t19-,20-,21+,22-/m1/s1. The molecule has 0 aromatic heterocycles. The van der Waals surface area contributed by atoms with E-state index in [1.54, 1.807) is 7.11 Å². The second-order valence-electron chi connectivity index (χ2n) is 8.65. The van der Waals surface area contributed by atoms with Crippen molar-refractivity contribution in [2.24, 2.45) is 11.8 Å². The van der Waals surface area contributed by atoms with E-state index in [-0.39, 0.29) is 35.4 Å². The normalized spacial score (nSPS) is 24.7. The number of anilines is 1. The van der Waals surface area contributed by atoms with Crippen molar-refractivity contribution in [3.05, 3.63) is 75.8 Å². The first-order valence-corrected chi connectivity index (χ1v) is 11.1. The highest BCUT2D eigenvalue weighted by molar-refractivity contribution is 6.14. The molecule has 0 aliphatic carbocycles.